The molecule has 1 fully saturated rings. The van der Waals surface area contributed by atoms with Crippen LogP contribution in [0.4, 0.5) is 5.69 Å². The highest BCUT2D eigenvalue weighted by Gasteiger charge is 2.16. The van der Waals surface area contributed by atoms with Gasteiger partial charge in [0, 0.05) is 18.7 Å². The van der Waals surface area contributed by atoms with Gasteiger partial charge in [0.15, 0.2) is 0 Å². The molecule has 1 unspecified atom stereocenters. The van der Waals surface area contributed by atoms with Crippen molar-refractivity contribution in [3.05, 3.63) is 54.1 Å². The van der Waals surface area contributed by atoms with Gasteiger partial charge in [-0.3, -0.25) is 0 Å². The monoisotopic (exact) mass is 341 g/mol. The van der Waals surface area contributed by atoms with E-state index in [9.17, 15) is 0 Å². The van der Waals surface area contributed by atoms with Gasteiger partial charge in [0.1, 0.15) is 18.1 Å². The van der Waals surface area contributed by atoms with Crippen molar-refractivity contribution in [1.82, 2.24) is 0 Å². The Labute approximate surface area is 150 Å². The topological polar surface area (TPSA) is 39.7 Å². The average molecular weight is 341 g/mol. The molecule has 1 saturated heterocycles. The van der Waals surface area contributed by atoms with Crippen LogP contribution in [0.3, 0.4) is 0 Å². The van der Waals surface area contributed by atoms with E-state index >= 15 is 0 Å². The number of hydrogen-bond donors (Lipinski definition) is 1. The van der Waals surface area contributed by atoms with Gasteiger partial charge in [-0.25, -0.2) is 0 Å². The minimum absolute atomic E-state index is 0.219. The van der Waals surface area contributed by atoms with Gasteiger partial charge < -0.3 is 19.5 Å². The zero-order valence-electron chi connectivity index (χ0n) is 14.9. The van der Waals surface area contributed by atoms with Crippen LogP contribution < -0.4 is 14.8 Å². The summed E-state index contributed by atoms with van der Waals surface area (Å²) >= 11 is 0. The molecule has 134 valence electrons. The Kier molecular flexibility index (Phi) is 6.57. The molecular formula is C21H27NO3. The lowest BCUT2D eigenvalue weighted by atomic mass is 10.2. The van der Waals surface area contributed by atoms with Crippen molar-refractivity contribution in [3.8, 4) is 11.5 Å². The molecule has 0 radical (unpaired) electrons. The fraction of sp³-hybridized carbons (Fsp3) is 0.429. The highest BCUT2D eigenvalue weighted by molar-refractivity contribution is 5.56. The summed E-state index contributed by atoms with van der Waals surface area (Å²) in [6.07, 6.45) is 3.43. The third-order valence-corrected chi connectivity index (χ3v) is 4.24. The lowest BCUT2D eigenvalue weighted by Gasteiger charge is -2.17. The summed E-state index contributed by atoms with van der Waals surface area (Å²) < 4.78 is 17.5. The number of ether oxygens (including phenoxy) is 3. The average Bonchev–Trinajstić information content (AvgIpc) is 3.18. The molecule has 0 saturated carbocycles. The van der Waals surface area contributed by atoms with Gasteiger partial charge in [-0.05, 0) is 37.5 Å². The van der Waals surface area contributed by atoms with Crippen molar-refractivity contribution in [2.75, 3.05) is 25.1 Å². The molecule has 1 aliphatic heterocycles. The number of para-hydroxylation sites is 3. The van der Waals surface area contributed by atoms with Crippen LogP contribution >= 0.6 is 0 Å². The molecule has 1 aliphatic rings. The van der Waals surface area contributed by atoms with Crippen molar-refractivity contribution in [1.29, 1.82) is 0 Å². The van der Waals surface area contributed by atoms with E-state index in [1.54, 1.807) is 0 Å². The number of nitrogens with one attached hydrogen (secondary N) is 1. The second kappa shape index (κ2) is 9.33. The van der Waals surface area contributed by atoms with Crippen molar-refractivity contribution in [2.24, 2.45) is 0 Å². The zero-order valence-corrected chi connectivity index (χ0v) is 14.9. The van der Waals surface area contributed by atoms with E-state index < -0.39 is 0 Å². The Morgan fingerprint density at radius 3 is 2.64 bits per heavy atom. The molecule has 0 aliphatic carbocycles. The third-order valence-electron chi connectivity index (χ3n) is 4.24. The predicted molar refractivity (Wildman–Crippen MR) is 100 cm³/mol. The summed E-state index contributed by atoms with van der Waals surface area (Å²) in [4.78, 5) is 0. The molecule has 2 aromatic carbocycles. The molecule has 0 spiro atoms. The molecule has 1 atom stereocenters. The summed E-state index contributed by atoms with van der Waals surface area (Å²) in [7, 11) is 0. The summed E-state index contributed by atoms with van der Waals surface area (Å²) in [5.74, 6) is 1.81. The SMILES string of the molecule is CCCOc1ccccc1CNc1ccccc1OCC1CCCO1. The summed E-state index contributed by atoms with van der Waals surface area (Å²) in [5.41, 5.74) is 2.13. The standard InChI is InChI=1S/C21H27NO3/c1-2-13-24-20-11-5-3-8-17(20)15-22-19-10-4-6-12-21(19)25-16-18-9-7-14-23-18/h3-6,8,10-12,18,22H,2,7,9,13-16H2,1H3. The van der Waals surface area contributed by atoms with Crippen LogP contribution in [0.25, 0.3) is 0 Å². The van der Waals surface area contributed by atoms with Gasteiger partial charge in [0.2, 0.25) is 0 Å². The quantitative estimate of drug-likeness (QED) is 0.721. The van der Waals surface area contributed by atoms with Crippen LogP contribution in [0.2, 0.25) is 0 Å². The Balaban J connectivity index is 1.61. The lowest BCUT2D eigenvalue weighted by Crippen LogP contribution is -2.17. The largest absolute Gasteiger partial charge is 0.493 e. The highest BCUT2D eigenvalue weighted by Crippen LogP contribution is 2.27. The molecule has 4 heteroatoms. The Hall–Kier alpha value is -2.20. The fourth-order valence-corrected chi connectivity index (χ4v) is 2.89. The molecule has 25 heavy (non-hydrogen) atoms. The van der Waals surface area contributed by atoms with Crippen molar-refractivity contribution in [3.63, 3.8) is 0 Å². The van der Waals surface area contributed by atoms with Crippen LogP contribution in [0, 0.1) is 0 Å². The summed E-state index contributed by atoms with van der Waals surface area (Å²) in [5, 5.41) is 3.48. The molecule has 4 nitrogen and oxygen atoms in total. The second-order valence-electron chi connectivity index (χ2n) is 6.25. The van der Waals surface area contributed by atoms with Gasteiger partial charge >= 0.3 is 0 Å². The predicted octanol–water partition coefficient (Wildman–Crippen LogP) is 4.65. The summed E-state index contributed by atoms with van der Waals surface area (Å²) in [6.45, 7) is 5.00. The van der Waals surface area contributed by atoms with E-state index in [-0.39, 0.29) is 6.10 Å². The third kappa shape index (κ3) is 5.13. The molecule has 3 rings (SSSR count). The Bertz CT molecular complexity index is 653. The van der Waals surface area contributed by atoms with E-state index in [2.05, 4.69) is 18.3 Å². The minimum atomic E-state index is 0.219. The van der Waals surface area contributed by atoms with Gasteiger partial charge in [-0.1, -0.05) is 37.3 Å². The van der Waals surface area contributed by atoms with E-state index in [4.69, 9.17) is 14.2 Å². The van der Waals surface area contributed by atoms with Crippen molar-refractivity contribution >= 4 is 5.69 Å². The number of hydrogen-bond acceptors (Lipinski definition) is 4. The fourth-order valence-electron chi connectivity index (χ4n) is 2.89. The molecule has 0 amide bonds. The summed E-state index contributed by atoms with van der Waals surface area (Å²) in [6, 6.07) is 16.2. The number of anilines is 1. The highest BCUT2D eigenvalue weighted by atomic mass is 16.5. The first-order valence-corrected chi connectivity index (χ1v) is 9.15. The molecule has 0 aromatic heterocycles. The maximum absolute atomic E-state index is 5.99. The van der Waals surface area contributed by atoms with E-state index in [1.807, 2.05) is 42.5 Å². The Morgan fingerprint density at radius 2 is 1.84 bits per heavy atom. The molecule has 2 aromatic rings. The molecule has 1 heterocycles. The van der Waals surface area contributed by atoms with Crippen molar-refractivity contribution < 1.29 is 14.2 Å². The minimum Gasteiger partial charge on any atom is -0.493 e. The normalized spacial score (nSPS) is 16.6. The smallest absolute Gasteiger partial charge is 0.142 e. The van der Waals surface area contributed by atoms with Crippen LogP contribution in [-0.4, -0.2) is 25.9 Å². The molecule has 1 N–H and O–H groups in total. The first-order valence-electron chi connectivity index (χ1n) is 9.15. The Morgan fingerprint density at radius 1 is 1.04 bits per heavy atom. The second-order valence-corrected chi connectivity index (χ2v) is 6.25. The van der Waals surface area contributed by atoms with Crippen LogP contribution in [0.5, 0.6) is 11.5 Å². The lowest BCUT2D eigenvalue weighted by molar-refractivity contribution is 0.0682. The number of rotatable bonds is 9. The first kappa shape index (κ1) is 17.6. The first-order chi connectivity index (χ1) is 12.4. The van der Waals surface area contributed by atoms with Gasteiger partial charge in [-0.15, -0.1) is 0 Å². The van der Waals surface area contributed by atoms with Crippen LogP contribution in [-0.2, 0) is 11.3 Å². The van der Waals surface area contributed by atoms with Crippen molar-refractivity contribution in [2.45, 2.75) is 38.8 Å². The maximum Gasteiger partial charge on any atom is 0.142 e. The van der Waals surface area contributed by atoms with Gasteiger partial charge in [0.05, 0.1) is 18.4 Å². The van der Waals surface area contributed by atoms with Crippen LogP contribution in [0.15, 0.2) is 48.5 Å². The number of benzene rings is 2. The maximum atomic E-state index is 5.99. The van der Waals surface area contributed by atoms with E-state index in [0.29, 0.717) is 13.2 Å². The van der Waals surface area contributed by atoms with Gasteiger partial charge in [0.25, 0.3) is 0 Å². The molecular weight excluding hydrogens is 314 g/mol. The van der Waals surface area contributed by atoms with Crippen LogP contribution in [0.1, 0.15) is 31.7 Å². The van der Waals surface area contributed by atoms with E-state index in [1.165, 1.54) is 0 Å². The zero-order chi connectivity index (χ0) is 17.3. The van der Waals surface area contributed by atoms with Gasteiger partial charge in [-0.2, -0.15) is 0 Å². The molecule has 0 bridgehead atoms. The van der Waals surface area contributed by atoms with E-state index in [0.717, 1.165) is 55.2 Å².